The third-order valence-electron chi connectivity index (χ3n) is 1.87. The second-order valence-corrected chi connectivity index (χ2v) is 2.64. The molecule has 1 aromatic heterocycles. The van der Waals surface area contributed by atoms with Gasteiger partial charge in [-0.15, -0.1) is 0 Å². The van der Waals surface area contributed by atoms with Crippen molar-refractivity contribution in [1.82, 2.24) is 4.98 Å². The van der Waals surface area contributed by atoms with Crippen LogP contribution >= 0.6 is 0 Å². The summed E-state index contributed by atoms with van der Waals surface area (Å²) in [5, 5.41) is 1.25. The van der Waals surface area contributed by atoms with Gasteiger partial charge in [-0.05, 0) is 24.6 Å². The van der Waals surface area contributed by atoms with Gasteiger partial charge < -0.3 is 0 Å². The number of fused-ring (bicyclic) bond motifs is 1. The number of hydrogen-bond donors (Lipinski definition) is 0. The van der Waals surface area contributed by atoms with E-state index in [0.29, 0.717) is 0 Å². The van der Waals surface area contributed by atoms with Gasteiger partial charge in [-0.25, -0.2) is 0 Å². The van der Waals surface area contributed by atoms with Gasteiger partial charge in [0.05, 0.1) is 5.52 Å². The molecule has 0 saturated carbocycles. The normalized spacial score (nSPS) is 9.15. The van der Waals surface area contributed by atoms with Crippen LogP contribution in [0.2, 0.25) is 0 Å². The summed E-state index contributed by atoms with van der Waals surface area (Å²) in [4.78, 5) is 4.24. The Labute approximate surface area is 79.4 Å². The molecule has 0 radical (unpaired) electrons. The number of para-hydroxylation sites is 1. The van der Waals surface area contributed by atoms with Crippen molar-refractivity contribution in [2.75, 3.05) is 0 Å². The molecule has 0 aliphatic heterocycles. The van der Waals surface area contributed by atoms with Crippen LogP contribution in [-0.2, 0) is 0 Å². The third kappa shape index (κ3) is 2.05. The van der Waals surface area contributed by atoms with Crippen LogP contribution in [0.15, 0.2) is 36.5 Å². The average molecular weight is 173 g/mol. The molecule has 1 heterocycles. The quantitative estimate of drug-likeness (QED) is 0.593. The highest BCUT2D eigenvalue weighted by Gasteiger charge is 1.93. The van der Waals surface area contributed by atoms with Crippen LogP contribution in [0.4, 0.5) is 0 Å². The zero-order chi connectivity index (χ0) is 9.68. The molecule has 0 atom stereocenters. The Morgan fingerprint density at radius 3 is 2.38 bits per heavy atom. The molecule has 0 fully saturated rings. The molecule has 0 bridgehead atoms. The Balaban J connectivity index is 0.000000396. The zero-order valence-corrected chi connectivity index (χ0v) is 8.41. The van der Waals surface area contributed by atoms with E-state index >= 15 is 0 Å². The summed E-state index contributed by atoms with van der Waals surface area (Å²) in [5.74, 6) is 0. The molecule has 0 saturated heterocycles. The van der Waals surface area contributed by atoms with Crippen molar-refractivity contribution >= 4 is 10.9 Å². The number of nitrogens with zero attached hydrogens (tertiary/aromatic N) is 1. The van der Waals surface area contributed by atoms with Crippen molar-refractivity contribution in [1.29, 1.82) is 0 Å². The maximum Gasteiger partial charge on any atom is 0.0704 e. The highest BCUT2D eigenvalue weighted by molar-refractivity contribution is 5.81. The molecule has 2 aromatic rings. The predicted molar refractivity (Wildman–Crippen MR) is 57.8 cm³/mol. The number of aromatic nitrogens is 1. The summed E-state index contributed by atoms with van der Waals surface area (Å²) in [6, 6.07) is 10.2. The minimum atomic E-state index is 1.08. The van der Waals surface area contributed by atoms with Gasteiger partial charge in [0.2, 0.25) is 0 Å². The van der Waals surface area contributed by atoms with Crippen LogP contribution < -0.4 is 0 Å². The molecule has 0 N–H and O–H groups in total. The highest BCUT2D eigenvalue weighted by Crippen LogP contribution is 2.13. The monoisotopic (exact) mass is 173 g/mol. The fraction of sp³-hybridized carbons (Fsp3) is 0.250. The maximum atomic E-state index is 4.24. The Morgan fingerprint density at radius 2 is 1.69 bits per heavy atom. The van der Waals surface area contributed by atoms with E-state index < -0.39 is 0 Å². The summed E-state index contributed by atoms with van der Waals surface area (Å²) < 4.78 is 0. The van der Waals surface area contributed by atoms with Crippen LogP contribution in [0.5, 0.6) is 0 Å². The van der Waals surface area contributed by atoms with E-state index in [1.807, 2.05) is 44.3 Å². The molecule has 1 aromatic carbocycles. The third-order valence-corrected chi connectivity index (χ3v) is 1.87. The summed E-state index contributed by atoms with van der Waals surface area (Å²) in [5.41, 5.74) is 2.36. The molecule has 13 heavy (non-hydrogen) atoms. The number of benzene rings is 1. The second kappa shape index (κ2) is 4.61. The van der Waals surface area contributed by atoms with Crippen molar-refractivity contribution in [3.05, 3.63) is 42.1 Å². The first-order chi connectivity index (χ1) is 6.38. The van der Waals surface area contributed by atoms with E-state index in [-0.39, 0.29) is 0 Å². The van der Waals surface area contributed by atoms with Crippen molar-refractivity contribution < 1.29 is 0 Å². The van der Waals surface area contributed by atoms with Gasteiger partial charge in [0, 0.05) is 11.6 Å². The summed E-state index contributed by atoms with van der Waals surface area (Å²) in [6.45, 7) is 6.10. The highest BCUT2D eigenvalue weighted by atomic mass is 14.6. The molecule has 0 amide bonds. The minimum Gasteiger partial charge on any atom is -0.256 e. The van der Waals surface area contributed by atoms with E-state index in [9.17, 15) is 0 Å². The summed E-state index contributed by atoms with van der Waals surface area (Å²) >= 11 is 0. The smallest absolute Gasteiger partial charge is 0.0704 e. The maximum absolute atomic E-state index is 4.24. The van der Waals surface area contributed by atoms with Crippen molar-refractivity contribution in [2.45, 2.75) is 20.8 Å². The molecule has 0 spiro atoms. The van der Waals surface area contributed by atoms with Crippen LogP contribution in [0.25, 0.3) is 10.9 Å². The Kier molecular flexibility index (Phi) is 3.44. The number of pyridine rings is 1. The average Bonchev–Trinajstić information content (AvgIpc) is 2.22. The molecule has 1 heteroatoms. The van der Waals surface area contributed by atoms with E-state index in [2.05, 4.69) is 18.0 Å². The number of hydrogen-bond acceptors (Lipinski definition) is 1. The first-order valence-electron chi connectivity index (χ1n) is 4.68. The first kappa shape index (κ1) is 9.72. The van der Waals surface area contributed by atoms with Gasteiger partial charge in [-0.3, -0.25) is 4.98 Å². The van der Waals surface area contributed by atoms with Gasteiger partial charge in [-0.2, -0.15) is 0 Å². The Bertz CT molecular complexity index is 374. The van der Waals surface area contributed by atoms with E-state index in [1.165, 1.54) is 10.9 Å². The molecule has 0 aliphatic carbocycles. The fourth-order valence-corrected chi connectivity index (χ4v) is 1.24. The van der Waals surface area contributed by atoms with E-state index in [0.717, 1.165) is 5.52 Å². The van der Waals surface area contributed by atoms with Crippen molar-refractivity contribution in [2.24, 2.45) is 0 Å². The molecule has 0 unspecified atom stereocenters. The van der Waals surface area contributed by atoms with E-state index in [4.69, 9.17) is 0 Å². The Hall–Kier alpha value is -1.37. The second-order valence-electron chi connectivity index (χ2n) is 2.64. The van der Waals surface area contributed by atoms with Gasteiger partial charge >= 0.3 is 0 Å². The lowest BCUT2D eigenvalue weighted by Gasteiger charge is -1.97. The lowest BCUT2D eigenvalue weighted by atomic mass is 10.1. The van der Waals surface area contributed by atoms with Crippen LogP contribution in [-0.4, -0.2) is 4.98 Å². The lowest BCUT2D eigenvalue weighted by Crippen LogP contribution is -1.79. The van der Waals surface area contributed by atoms with Crippen LogP contribution in [0, 0.1) is 6.92 Å². The topological polar surface area (TPSA) is 12.9 Å². The molecule has 0 aliphatic rings. The van der Waals surface area contributed by atoms with Crippen LogP contribution in [0.1, 0.15) is 19.4 Å². The van der Waals surface area contributed by atoms with Gasteiger partial charge in [-0.1, -0.05) is 32.0 Å². The number of rotatable bonds is 0. The predicted octanol–water partition coefficient (Wildman–Crippen LogP) is 3.57. The zero-order valence-electron chi connectivity index (χ0n) is 8.41. The largest absolute Gasteiger partial charge is 0.256 e. The van der Waals surface area contributed by atoms with Gasteiger partial charge in [0.25, 0.3) is 0 Å². The summed E-state index contributed by atoms with van der Waals surface area (Å²) in [6.07, 6.45) is 1.84. The molecule has 2 rings (SSSR count). The van der Waals surface area contributed by atoms with Crippen LogP contribution in [0.3, 0.4) is 0 Å². The standard InChI is InChI=1S/C10H9N.C2H6/c1-8-6-7-11-10-5-3-2-4-9(8)10;1-2/h2-7H,1H3;1-2H3. The summed E-state index contributed by atoms with van der Waals surface area (Å²) in [7, 11) is 0. The van der Waals surface area contributed by atoms with Crippen molar-refractivity contribution in [3.8, 4) is 0 Å². The fourth-order valence-electron chi connectivity index (χ4n) is 1.24. The van der Waals surface area contributed by atoms with Crippen molar-refractivity contribution in [3.63, 3.8) is 0 Å². The molecule has 68 valence electrons. The lowest BCUT2D eigenvalue weighted by molar-refractivity contribution is 1.37. The first-order valence-corrected chi connectivity index (χ1v) is 4.68. The van der Waals surface area contributed by atoms with Gasteiger partial charge in [0.15, 0.2) is 0 Å². The Morgan fingerprint density at radius 1 is 1.00 bits per heavy atom. The SMILES string of the molecule is CC.Cc1ccnc2ccccc12. The molecular formula is C12H15N. The van der Waals surface area contributed by atoms with E-state index in [1.54, 1.807) is 0 Å². The molecular weight excluding hydrogens is 158 g/mol. The molecule has 1 nitrogen and oxygen atoms in total. The minimum absolute atomic E-state index is 1.08. The van der Waals surface area contributed by atoms with Gasteiger partial charge in [0.1, 0.15) is 0 Å². The number of aryl methyl sites for hydroxylation is 1.